The monoisotopic (exact) mass is 294 g/mol. The molecule has 0 saturated carbocycles. The SMILES string of the molecule is CN(C(=O)NSC(=O)c1csnn1)c1ccccc1. The lowest BCUT2D eigenvalue weighted by atomic mass is 10.3. The molecule has 98 valence electrons. The highest BCUT2D eigenvalue weighted by Crippen LogP contribution is 2.13. The maximum atomic E-state index is 11.8. The number of hydrogen-bond donors (Lipinski definition) is 1. The lowest BCUT2D eigenvalue weighted by molar-refractivity contribution is 0.108. The van der Waals surface area contributed by atoms with Gasteiger partial charge in [0.15, 0.2) is 5.69 Å². The third kappa shape index (κ3) is 3.52. The van der Waals surface area contributed by atoms with E-state index in [1.807, 2.05) is 18.2 Å². The molecule has 19 heavy (non-hydrogen) atoms. The van der Waals surface area contributed by atoms with Gasteiger partial charge in [-0.1, -0.05) is 22.7 Å². The topological polar surface area (TPSA) is 75.2 Å². The van der Waals surface area contributed by atoms with Crippen LogP contribution in [0.2, 0.25) is 0 Å². The van der Waals surface area contributed by atoms with Crippen molar-refractivity contribution in [3.63, 3.8) is 0 Å². The summed E-state index contributed by atoms with van der Waals surface area (Å²) in [5.74, 6) is 0. The number of nitrogens with one attached hydrogen (secondary N) is 1. The first-order valence-corrected chi connectivity index (χ1v) is 6.91. The molecule has 0 unspecified atom stereocenters. The highest BCUT2D eigenvalue weighted by Gasteiger charge is 2.15. The minimum Gasteiger partial charge on any atom is -0.297 e. The number of hydrogen-bond acceptors (Lipinski definition) is 6. The molecule has 0 aliphatic carbocycles. The summed E-state index contributed by atoms with van der Waals surface area (Å²) in [7, 11) is 1.63. The van der Waals surface area contributed by atoms with Crippen molar-refractivity contribution in [1.29, 1.82) is 0 Å². The molecular formula is C11H10N4O2S2. The van der Waals surface area contributed by atoms with E-state index in [9.17, 15) is 9.59 Å². The zero-order valence-electron chi connectivity index (χ0n) is 9.94. The van der Waals surface area contributed by atoms with Gasteiger partial charge in [-0.2, -0.15) is 0 Å². The van der Waals surface area contributed by atoms with Gasteiger partial charge in [-0.25, -0.2) is 4.79 Å². The normalized spacial score (nSPS) is 9.95. The summed E-state index contributed by atoms with van der Waals surface area (Å²) < 4.78 is 6.05. The first kappa shape index (κ1) is 13.5. The fourth-order valence-corrected chi connectivity index (χ4v) is 2.27. The molecule has 6 nitrogen and oxygen atoms in total. The van der Waals surface area contributed by atoms with Gasteiger partial charge in [0.05, 0.1) is 0 Å². The molecule has 1 aromatic heterocycles. The zero-order chi connectivity index (χ0) is 13.7. The number of amides is 2. The lowest BCUT2D eigenvalue weighted by Gasteiger charge is -2.16. The molecule has 0 spiro atoms. The van der Waals surface area contributed by atoms with Crippen molar-refractivity contribution < 1.29 is 9.59 Å². The summed E-state index contributed by atoms with van der Waals surface area (Å²) in [6.07, 6.45) is 0. The van der Waals surface area contributed by atoms with Crippen molar-refractivity contribution >= 4 is 40.3 Å². The summed E-state index contributed by atoms with van der Waals surface area (Å²) in [5.41, 5.74) is 0.973. The van der Waals surface area contributed by atoms with Crippen LogP contribution in [0.4, 0.5) is 10.5 Å². The molecule has 0 atom stereocenters. The van der Waals surface area contributed by atoms with Crippen molar-refractivity contribution in [3.8, 4) is 0 Å². The number of urea groups is 1. The second-order valence-corrected chi connectivity index (χ2v) is 4.87. The molecule has 0 bridgehead atoms. The van der Waals surface area contributed by atoms with Crippen LogP contribution in [0.15, 0.2) is 35.7 Å². The summed E-state index contributed by atoms with van der Waals surface area (Å²) >= 11 is 1.78. The van der Waals surface area contributed by atoms with Crippen molar-refractivity contribution in [2.75, 3.05) is 11.9 Å². The van der Waals surface area contributed by atoms with Crippen molar-refractivity contribution in [2.45, 2.75) is 0 Å². The molecule has 1 heterocycles. The summed E-state index contributed by atoms with van der Waals surface area (Å²) in [5, 5.41) is 4.82. The molecule has 1 aromatic carbocycles. The van der Waals surface area contributed by atoms with Gasteiger partial charge >= 0.3 is 6.03 Å². The Morgan fingerprint density at radius 1 is 1.32 bits per heavy atom. The van der Waals surface area contributed by atoms with E-state index in [2.05, 4.69) is 14.3 Å². The number of carbonyl (C=O) groups excluding carboxylic acids is 2. The van der Waals surface area contributed by atoms with Crippen LogP contribution in [0.3, 0.4) is 0 Å². The van der Waals surface area contributed by atoms with E-state index in [1.54, 1.807) is 19.2 Å². The first-order chi connectivity index (χ1) is 9.18. The maximum Gasteiger partial charge on any atom is 0.331 e. The van der Waals surface area contributed by atoms with Crippen molar-refractivity contribution in [3.05, 3.63) is 41.4 Å². The van der Waals surface area contributed by atoms with Crippen LogP contribution in [0.1, 0.15) is 10.5 Å². The van der Waals surface area contributed by atoms with E-state index in [1.165, 1.54) is 10.3 Å². The highest BCUT2D eigenvalue weighted by atomic mass is 32.2. The number of para-hydroxylation sites is 1. The smallest absolute Gasteiger partial charge is 0.297 e. The van der Waals surface area contributed by atoms with Gasteiger partial charge in [-0.3, -0.25) is 14.4 Å². The molecule has 2 amide bonds. The van der Waals surface area contributed by atoms with Gasteiger partial charge < -0.3 is 0 Å². The minimum atomic E-state index is -0.382. The third-order valence-corrected chi connectivity index (χ3v) is 3.42. The number of benzene rings is 1. The van der Waals surface area contributed by atoms with Gasteiger partial charge in [-0.15, -0.1) is 5.10 Å². The van der Waals surface area contributed by atoms with Gasteiger partial charge in [0.25, 0.3) is 5.12 Å². The molecule has 0 aliphatic rings. The van der Waals surface area contributed by atoms with E-state index in [4.69, 9.17) is 0 Å². The summed E-state index contributed by atoms with van der Waals surface area (Å²) in [6, 6.07) is 8.75. The average molecular weight is 294 g/mol. The fraction of sp³-hybridized carbons (Fsp3) is 0.0909. The van der Waals surface area contributed by atoms with Crippen molar-refractivity contribution in [1.82, 2.24) is 14.3 Å². The Balaban J connectivity index is 1.90. The molecule has 0 saturated heterocycles. The van der Waals surface area contributed by atoms with Crippen LogP contribution < -0.4 is 9.62 Å². The van der Waals surface area contributed by atoms with E-state index in [0.29, 0.717) is 11.9 Å². The van der Waals surface area contributed by atoms with Crippen molar-refractivity contribution in [2.24, 2.45) is 0 Å². The predicted octanol–water partition coefficient (Wildman–Crippen LogP) is 2.17. The number of anilines is 1. The predicted molar refractivity (Wildman–Crippen MR) is 75.2 cm³/mol. The Morgan fingerprint density at radius 3 is 2.68 bits per heavy atom. The Kier molecular flexibility index (Phi) is 4.48. The van der Waals surface area contributed by atoms with Crippen LogP contribution in [-0.2, 0) is 0 Å². The van der Waals surface area contributed by atoms with Crippen LogP contribution in [0, 0.1) is 0 Å². The Bertz CT molecular complexity index is 559. The molecule has 2 rings (SSSR count). The number of aromatic nitrogens is 2. The molecule has 0 aliphatic heterocycles. The minimum absolute atomic E-state index is 0.234. The lowest BCUT2D eigenvalue weighted by Crippen LogP contribution is -2.34. The molecule has 0 radical (unpaired) electrons. The van der Waals surface area contributed by atoms with Crippen LogP contribution >= 0.6 is 23.5 Å². The van der Waals surface area contributed by atoms with E-state index in [-0.39, 0.29) is 16.8 Å². The molecule has 8 heteroatoms. The van der Waals surface area contributed by atoms with E-state index < -0.39 is 0 Å². The van der Waals surface area contributed by atoms with E-state index in [0.717, 1.165) is 17.2 Å². The van der Waals surface area contributed by atoms with Crippen LogP contribution in [-0.4, -0.2) is 27.8 Å². The third-order valence-electron chi connectivity index (χ3n) is 2.25. The zero-order valence-corrected chi connectivity index (χ0v) is 11.6. The quantitative estimate of drug-likeness (QED) is 0.859. The van der Waals surface area contributed by atoms with Crippen LogP contribution in [0.5, 0.6) is 0 Å². The number of nitrogens with zero attached hydrogens (tertiary/aromatic N) is 3. The molecule has 0 fully saturated rings. The standard InChI is InChI=1S/C11H10N4O2S2/c1-15(8-5-3-2-4-6-8)11(17)13-19-10(16)9-7-18-14-12-9/h2-7H,1H3,(H,13,17). The number of carbonyl (C=O) groups is 2. The van der Waals surface area contributed by atoms with Crippen LogP contribution in [0.25, 0.3) is 0 Å². The number of rotatable bonds is 2. The second-order valence-electron chi connectivity index (χ2n) is 3.48. The average Bonchev–Trinajstić information content (AvgIpc) is 2.98. The molecule has 1 N–H and O–H groups in total. The van der Waals surface area contributed by atoms with E-state index >= 15 is 0 Å². The van der Waals surface area contributed by atoms with Gasteiger partial charge in [0.2, 0.25) is 0 Å². The Labute approximate surface area is 118 Å². The molecule has 2 aromatic rings. The Hall–Kier alpha value is -1.93. The summed E-state index contributed by atoms with van der Waals surface area (Å²) in [6.45, 7) is 0. The largest absolute Gasteiger partial charge is 0.331 e. The molecular weight excluding hydrogens is 284 g/mol. The Morgan fingerprint density at radius 2 is 2.05 bits per heavy atom. The first-order valence-electron chi connectivity index (χ1n) is 5.25. The fourth-order valence-electron chi connectivity index (χ4n) is 1.23. The van der Waals surface area contributed by atoms with Gasteiger partial charge in [0.1, 0.15) is 0 Å². The summed E-state index contributed by atoms with van der Waals surface area (Å²) in [4.78, 5) is 24.8. The van der Waals surface area contributed by atoms with Gasteiger partial charge in [-0.05, 0) is 23.7 Å². The highest BCUT2D eigenvalue weighted by molar-refractivity contribution is 8.12. The van der Waals surface area contributed by atoms with Gasteiger partial charge in [0, 0.05) is 30.1 Å². The maximum absolute atomic E-state index is 11.8. The second kappa shape index (κ2) is 6.30.